The van der Waals surface area contributed by atoms with E-state index in [9.17, 15) is 4.79 Å². The van der Waals surface area contributed by atoms with Gasteiger partial charge < -0.3 is 24.8 Å². The van der Waals surface area contributed by atoms with E-state index < -0.39 is 5.60 Å². The van der Waals surface area contributed by atoms with Gasteiger partial charge in [0.1, 0.15) is 5.60 Å². The first kappa shape index (κ1) is 26.8. The lowest BCUT2D eigenvalue weighted by Crippen LogP contribution is -2.41. The van der Waals surface area contributed by atoms with Crippen LogP contribution in [0, 0.1) is 5.92 Å². The van der Waals surface area contributed by atoms with Gasteiger partial charge in [-0.05, 0) is 71.4 Å². The number of para-hydroxylation sites is 1. The van der Waals surface area contributed by atoms with E-state index in [4.69, 9.17) is 21.3 Å². The number of carbonyl (C=O) groups excluding carboxylic acids is 1. The number of hydrogen-bond donors (Lipinski definition) is 2. The summed E-state index contributed by atoms with van der Waals surface area (Å²) in [7, 11) is 0. The molecule has 5 rings (SSSR count). The molecule has 0 aliphatic carbocycles. The van der Waals surface area contributed by atoms with Gasteiger partial charge in [0.05, 0.1) is 16.9 Å². The van der Waals surface area contributed by atoms with Crippen LogP contribution in [-0.2, 0) is 4.74 Å². The van der Waals surface area contributed by atoms with Crippen molar-refractivity contribution in [1.82, 2.24) is 24.8 Å². The number of rotatable bonds is 7. The second-order valence-electron chi connectivity index (χ2n) is 11.6. The fraction of sp³-hybridized carbons (Fsp3) is 0.552. The van der Waals surface area contributed by atoms with Crippen molar-refractivity contribution in [3.05, 3.63) is 41.7 Å². The first-order valence-corrected chi connectivity index (χ1v) is 14.2. The summed E-state index contributed by atoms with van der Waals surface area (Å²) in [5.74, 6) is 1.31. The highest BCUT2D eigenvalue weighted by Gasteiger charge is 2.27. The molecule has 9 heteroatoms. The Balaban J connectivity index is 1.07. The predicted octanol–water partition coefficient (Wildman–Crippen LogP) is 6.19. The van der Waals surface area contributed by atoms with Crippen molar-refractivity contribution in [2.75, 3.05) is 38.0 Å². The van der Waals surface area contributed by atoms with Gasteiger partial charge in [-0.25, -0.2) is 14.8 Å². The third kappa shape index (κ3) is 6.59. The molecule has 0 saturated carbocycles. The van der Waals surface area contributed by atoms with Gasteiger partial charge in [-0.1, -0.05) is 29.8 Å². The zero-order chi connectivity index (χ0) is 26.7. The number of aromatic nitrogens is 3. The second kappa shape index (κ2) is 11.5. The van der Waals surface area contributed by atoms with Gasteiger partial charge in [0.2, 0.25) is 5.95 Å². The van der Waals surface area contributed by atoms with Gasteiger partial charge in [0, 0.05) is 54.9 Å². The van der Waals surface area contributed by atoms with Crippen molar-refractivity contribution in [2.45, 2.75) is 64.5 Å². The van der Waals surface area contributed by atoms with Crippen LogP contribution in [0.2, 0.25) is 5.02 Å². The van der Waals surface area contributed by atoms with Crippen LogP contribution >= 0.6 is 11.6 Å². The molecule has 0 radical (unpaired) electrons. The van der Waals surface area contributed by atoms with Crippen LogP contribution in [-0.4, -0.2) is 75.2 Å². The molecule has 0 spiro atoms. The number of H-pyrrole nitrogens is 1. The molecule has 1 amide bonds. The van der Waals surface area contributed by atoms with Crippen molar-refractivity contribution >= 4 is 34.5 Å². The molecule has 204 valence electrons. The third-order valence-corrected chi connectivity index (χ3v) is 7.82. The zero-order valence-electron chi connectivity index (χ0n) is 22.7. The first-order chi connectivity index (χ1) is 18.2. The number of fused-ring (bicyclic) bond motifs is 1. The van der Waals surface area contributed by atoms with Gasteiger partial charge in [-0.2, -0.15) is 0 Å². The van der Waals surface area contributed by atoms with E-state index in [1.165, 1.54) is 12.8 Å². The van der Waals surface area contributed by atoms with E-state index >= 15 is 0 Å². The van der Waals surface area contributed by atoms with Crippen molar-refractivity contribution in [1.29, 1.82) is 0 Å². The Labute approximate surface area is 230 Å². The smallest absolute Gasteiger partial charge is 0.410 e. The minimum atomic E-state index is -0.435. The molecule has 3 aromatic rings. The molecular formula is C29H39ClN6O2. The number of nitrogens with zero attached hydrogens (tertiary/aromatic N) is 4. The van der Waals surface area contributed by atoms with Crippen LogP contribution in [0.1, 0.15) is 52.9 Å². The van der Waals surface area contributed by atoms with Crippen LogP contribution < -0.4 is 5.32 Å². The van der Waals surface area contributed by atoms with Gasteiger partial charge in [-0.3, -0.25) is 0 Å². The van der Waals surface area contributed by atoms with E-state index in [1.54, 1.807) is 6.20 Å². The maximum Gasteiger partial charge on any atom is 0.410 e. The maximum atomic E-state index is 12.3. The number of halogens is 1. The summed E-state index contributed by atoms with van der Waals surface area (Å²) < 4.78 is 5.52. The molecule has 0 unspecified atom stereocenters. The largest absolute Gasteiger partial charge is 0.444 e. The third-order valence-electron chi connectivity index (χ3n) is 7.55. The summed E-state index contributed by atoms with van der Waals surface area (Å²) in [5, 5.41) is 5.18. The number of hydrogen-bond acceptors (Lipinski definition) is 6. The second-order valence-corrected chi connectivity index (χ2v) is 12.0. The molecule has 2 aliphatic rings. The van der Waals surface area contributed by atoms with E-state index in [-0.39, 0.29) is 6.09 Å². The number of piperidine rings is 1. The van der Waals surface area contributed by atoms with E-state index in [0.717, 1.165) is 74.1 Å². The minimum Gasteiger partial charge on any atom is -0.444 e. The minimum absolute atomic E-state index is 0.176. The zero-order valence-corrected chi connectivity index (χ0v) is 23.4. The molecule has 4 heterocycles. The molecule has 38 heavy (non-hydrogen) atoms. The van der Waals surface area contributed by atoms with Crippen molar-refractivity contribution < 1.29 is 9.53 Å². The topological polar surface area (TPSA) is 86.4 Å². The summed E-state index contributed by atoms with van der Waals surface area (Å²) >= 11 is 6.50. The molecule has 8 nitrogen and oxygen atoms in total. The summed E-state index contributed by atoms with van der Waals surface area (Å²) in [6, 6.07) is 8.48. The van der Waals surface area contributed by atoms with Crippen LogP contribution in [0.15, 0.2) is 36.7 Å². The summed E-state index contributed by atoms with van der Waals surface area (Å²) in [6.07, 6.45) is 9.08. The average molecular weight is 539 g/mol. The molecule has 2 N–H and O–H groups in total. The predicted molar refractivity (Wildman–Crippen MR) is 153 cm³/mol. The number of likely N-dealkylation sites (tertiary alicyclic amines) is 2. The first-order valence-electron chi connectivity index (χ1n) is 13.8. The average Bonchev–Trinajstić information content (AvgIpc) is 3.51. The number of anilines is 1. The molecule has 2 fully saturated rings. The quantitative estimate of drug-likeness (QED) is 0.373. The molecule has 1 atom stereocenters. The number of benzene rings is 1. The number of amides is 1. The Morgan fingerprint density at radius 2 is 1.97 bits per heavy atom. The van der Waals surface area contributed by atoms with Gasteiger partial charge in [-0.15, -0.1) is 0 Å². The standard InChI is InChI=1S/C29H39ClN6O2/c1-29(2,3)38-28(37)36-15-10-20(11-16-36)7-6-13-35-14-12-21(19-35)33-27-32-18-24(30)26(34-27)23-17-31-25-9-5-4-8-22(23)25/h4-5,8-9,17-18,20-21,31H,6-7,10-16,19H2,1-3H3,(H,32,33,34)/t21-/m1/s1. The van der Waals surface area contributed by atoms with E-state index in [0.29, 0.717) is 22.9 Å². The molecule has 2 aromatic heterocycles. The molecule has 1 aromatic carbocycles. The van der Waals surface area contributed by atoms with Gasteiger partial charge >= 0.3 is 6.09 Å². The Hall–Kier alpha value is -2.84. The number of aromatic amines is 1. The molecule has 2 aliphatic heterocycles. The van der Waals surface area contributed by atoms with Crippen LogP contribution in [0.3, 0.4) is 0 Å². The molecule has 2 saturated heterocycles. The van der Waals surface area contributed by atoms with E-state index in [2.05, 4.69) is 26.3 Å². The normalized spacial score (nSPS) is 19.3. The van der Waals surface area contributed by atoms with Crippen molar-refractivity contribution in [2.24, 2.45) is 5.92 Å². The number of ether oxygens (including phenoxy) is 1. The summed E-state index contributed by atoms with van der Waals surface area (Å²) in [6.45, 7) is 10.5. The van der Waals surface area contributed by atoms with E-state index in [1.807, 2.05) is 50.1 Å². The SMILES string of the molecule is CC(C)(C)OC(=O)N1CCC(CCCN2CC[C@@H](Nc3ncc(Cl)c(-c4c[nH]c5ccccc45)n3)C2)CC1. The summed E-state index contributed by atoms with van der Waals surface area (Å²) in [5.41, 5.74) is 2.36. The highest BCUT2D eigenvalue weighted by molar-refractivity contribution is 6.33. The Bertz CT molecular complexity index is 1250. The molecular weight excluding hydrogens is 500 g/mol. The fourth-order valence-corrected chi connectivity index (χ4v) is 5.76. The van der Waals surface area contributed by atoms with Crippen molar-refractivity contribution in [3.63, 3.8) is 0 Å². The number of nitrogens with one attached hydrogen (secondary N) is 2. The van der Waals surface area contributed by atoms with Gasteiger partial charge in [0.15, 0.2) is 0 Å². The Morgan fingerprint density at radius 1 is 1.18 bits per heavy atom. The van der Waals surface area contributed by atoms with Crippen LogP contribution in [0.5, 0.6) is 0 Å². The van der Waals surface area contributed by atoms with Gasteiger partial charge in [0.25, 0.3) is 0 Å². The lowest BCUT2D eigenvalue weighted by molar-refractivity contribution is 0.0180. The summed E-state index contributed by atoms with van der Waals surface area (Å²) in [4.78, 5) is 29.2. The molecule has 0 bridgehead atoms. The Morgan fingerprint density at radius 3 is 2.76 bits per heavy atom. The highest BCUT2D eigenvalue weighted by atomic mass is 35.5. The van der Waals surface area contributed by atoms with Crippen LogP contribution in [0.4, 0.5) is 10.7 Å². The lowest BCUT2D eigenvalue weighted by atomic mass is 9.92. The highest BCUT2D eigenvalue weighted by Crippen LogP contribution is 2.32. The Kier molecular flexibility index (Phi) is 8.09. The maximum absolute atomic E-state index is 12.3. The fourth-order valence-electron chi connectivity index (χ4n) is 5.56. The lowest BCUT2D eigenvalue weighted by Gasteiger charge is -2.33. The van der Waals surface area contributed by atoms with Crippen LogP contribution in [0.25, 0.3) is 22.2 Å². The van der Waals surface area contributed by atoms with Crippen molar-refractivity contribution in [3.8, 4) is 11.3 Å². The monoisotopic (exact) mass is 538 g/mol. The number of carbonyl (C=O) groups is 1.